The van der Waals surface area contributed by atoms with Gasteiger partial charge >= 0.3 is 5.97 Å². The Morgan fingerprint density at radius 3 is 2.95 bits per heavy atom. The van der Waals surface area contributed by atoms with Crippen LogP contribution in [0, 0.1) is 0 Å². The highest BCUT2D eigenvalue weighted by Crippen LogP contribution is 2.25. The second-order valence-electron chi connectivity index (χ2n) is 4.15. The Hall–Kier alpha value is -2.01. The van der Waals surface area contributed by atoms with Gasteiger partial charge in [-0.2, -0.15) is 4.98 Å². The first-order valence-electron chi connectivity index (χ1n) is 6.25. The molecule has 106 valence electrons. The fraction of sp³-hybridized carbons (Fsp3) is 0.286. The maximum Gasteiger partial charge on any atom is 0.360 e. The van der Waals surface area contributed by atoms with Gasteiger partial charge in [-0.15, -0.1) is 0 Å². The highest BCUT2D eigenvalue weighted by atomic mass is 35.5. The number of benzene rings is 1. The van der Waals surface area contributed by atoms with Gasteiger partial charge in [0.15, 0.2) is 5.69 Å². The van der Waals surface area contributed by atoms with Crippen LogP contribution >= 0.6 is 11.6 Å². The van der Waals surface area contributed by atoms with E-state index in [1.807, 2.05) is 31.2 Å². The van der Waals surface area contributed by atoms with Gasteiger partial charge in [-0.3, -0.25) is 0 Å². The molecule has 1 atom stereocenters. The van der Waals surface area contributed by atoms with E-state index in [-0.39, 0.29) is 17.8 Å². The van der Waals surface area contributed by atoms with Gasteiger partial charge in [0, 0.05) is 5.02 Å². The Labute approximate surface area is 121 Å². The molecule has 0 aliphatic heterocycles. The van der Waals surface area contributed by atoms with Crippen molar-refractivity contribution >= 4 is 23.6 Å². The number of oxazole rings is 1. The molecule has 1 aromatic heterocycles. The van der Waals surface area contributed by atoms with Gasteiger partial charge in [-0.25, -0.2) is 4.79 Å². The number of carbonyl (C=O) groups is 1. The Balaban J connectivity index is 2.07. The maximum absolute atomic E-state index is 11.5. The summed E-state index contributed by atoms with van der Waals surface area (Å²) in [7, 11) is 0. The highest BCUT2D eigenvalue weighted by Gasteiger charge is 2.16. The van der Waals surface area contributed by atoms with Crippen LogP contribution in [-0.2, 0) is 4.74 Å². The van der Waals surface area contributed by atoms with Crippen LogP contribution in [0.3, 0.4) is 0 Å². The monoisotopic (exact) mass is 294 g/mol. The number of anilines is 1. The molecule has 2 rings (SSSR count). The lowest BCUT2D eigenvalue weighted by molar-refractivity contribution is 0.0519. The van der Waals surface area contributed by atoms with Crippen molar-refractivity contribution in [3.8, 4) is 0 Å². The summed E-state index contributed by atoms with van der Waals surface area (Å²) in [6, 6.07) is 7.64. The van der Waals surface area contributed by atoms with Gasteiger partial charge in [-0.1, -0.05) is 29.8 Å². The van der Waals surface area contributed by atoms with Crippen molar-refractivity contribution in [1.29, 1.82) is 0 Å². The van der Waals surface area contributed by atoms with Gasteiger partial charge in [0.05, 0.1) is 12.6 Å². The van der Waals surface area contributed by atoms with Crippen molar-refractivity contribution in [2.24, 2.45) is 0 Å². The number of halogens is 1. The third kappa shape index (κ3) is 3.30. The van der Waals surface area contributed by atoms with Gasteiger partial charge in [-0.05, 0) is 25.5 Å². The standard InChI is InChI=1S/C14H15ClN2O3/c1-3-19-13(18)12-8-20-14(17-12)16-9(2)10-6-4-5-7-11(10)15/h4-9H,3H2,1-2H3,(H,16,17). The largest absolute Gasteiger partial charge is 0.461 e. The highest BCUT2D eigenvalue weighted by molar-refractivity contribution is 6.31. The lowest BCUT2D eigenvalue weighted by atomic mass is 10.1. The van der Waals surface area contributed by atoms with Crippen molar-refractivity contribution in [2.45, 2.75) is 19.9 Å². The molecule has 5 nitrogen and oxygen atoms in total. The van der Waals surface area contributed by atoms with Crippen molar-refractivity contribution < 1.29 is 13.9 Å². The predicted octanol–water partition coefficient (Wildman–Crippen LogP) is 3.68. The van der Waals surface area contributed by atoms with Gasteiger partial charge < -0.3 is 14.5 Å². The third-order valence-electron chi connectivity index (χ3n) is 2.70. The smallest absolute Gasteiger partial charge is 0.360 e. The lowest BCUT2D eigenvalue weighted by Gasteiger charge is -2.13. The molecular weight excluding hydrogens is 280 g/mol. The first kappa shape index (κ1) is 14.4. The minimum Gasteiger partial charge on any atom is -0.461 e. The minimum absolute atomic E-state index is 0.0996. The average Bonchev–Trinajstić information content (AvgIpc) is 2.88. The number of nitrogens with zero attached hydrogens (tertiary/aromatic N) is 1. The summed E-state index contributed by atoms with van der Waals surface area (Å²) in [5.41, 5.74) is 1.06. The summed E-state index contributed by atoms with van der Waals surface area (Å²) >= 11 is 6.12. The molecule has 0 aliphatic rings. The molecule has 20 heavy (non-hydrogen) atoms. The van der Waals surface area contributed by atoms with Crippen LogP contribution in [0.1, 0.15) is 35.9 Å². The summed E-state index contributed by atoms with van der Waals surface area (Å²) < 4.78 is 10.0. The number of hydrogen-bond donors (Lipinski definition) is 1. The molecule has 1 aromatic carbocycles. The molecule has 0 fully saturated rings. The maximum atomic E-state index is 11.5. The van der Waals surface area contributed by atoms with Crippen molar-refractivity contribution in [1.82, 2.24) is 4.98 Å². The van der Waals surface area contributed by atoms with E-state index >= 15 is 0 Å². The van der Waals surface area contributed by atoms with Gasteiger partial charge in [0.1, 0.15) is 6.26 Å². The molecule has 1 unspecified atom stereocenters. The first-order chi connectivity index (χ1) is 9.61. The number of nitrogens with one attached hydrogen (secondary N) is 1. The zero-order valence-corrected chi connectivity index (χ0v) is 12.0. The van der Waals surface area contributed by atoms with Gasteiger partial charge in [0.2, 0.25) is 0 Å². The second-order valence-corrected chi connectivity index (χ2v) is 4.55. The molecule has 0 radical (unpaired) electrons. The van der Waals surface area contributed by atoms with E-state index < -0.39 is 5.97 Å². The van der Waals surface area contributed by atoms with E-state index in [0.717, 1.165) is 5.56 Å². The average molecular weight is 295 g/mol. The van der Waals surface area contributed by atoms with Crippen LogP contribution in [0.15, 0.2) is 34.9 Å². The molecule has 0 bridgehead atoms. The van der Waals surface area contributed by atoms with Crippen molar-refractivity contribution in [3.63, 3.8) is 0 Å². The quantitative estimate of drug-likeness (QED) is 0.852. The molecule has 1 heterocycles. The summed E-state index contributed by atoms with van der Waals surface area (Å²) in [6.07, 6.45) is 1.26. The van der Waals surface area contributed by atoms with E-state index in [2.05, 4.69) is 10.3 Å². The van der Waals surface area contributed by atoms with E-state index in [9.17, 15) is 4.79 Å². The van der Waals surface area contributed by atoms with Crippen LogP contribution < -0.4 is 5.32 Å². The van der Waals surface area contributed by atoms with E-state index in [1.165, 1.54) is 6.26 Å². The van der Waals surface area contributed by atoms with Gasteiger partial charge in [0.25, 0.3) is 6.01 Å². The van der Waals surface area contributed by atoms with Crippen LogP contribution in [0.25, 0.3) is 0 Å². The number of hydrogen-bond acceptors (Lipinski definition) is 5. The molecule has 0 amide bonds. The predicted molar refractivity (Wildman–Crippen MR) is 75.9 cm³/mol. The van der Waals surface area contributed by atoms with Crippen LogP contribution in [-0.4, -0.2) is 17.6 Å². The molecule has 1 N–H and O–H groups in total. The molecule has 6 heteroatoms. The minimum atomic E-state index is -0.505. The van der Waals surface area contributed by atoms with Crippen LogP contribution in [0.2, 0.25) is 5.02 Å². The summed E-state index contributed by atoms with van der Waals surface area (Å²) in [5.74, 6) is -0.505. The third-order valence-corrected chi connectivity index (χ3v) is 3.04. The Morgan fingerprint density at radius 1 is 1.50 bits per heavy atom. The van der Waals surface area contributed by atoms with E-state index in [1.54, 1.807) is 6.92 Å². The molecule has 0 aliphatic carbocycles. The Morgan fingerprint density at radius 2 is 2.25 bits per heavy atom. The number of carbonyl (C=O) groups excluding carboxylic acids is 1. The van der Waals surface area contributed by atoms with Crippen molar-refractivity contribution in [3.05, 3.63) is 46.8 Å². The first-order valence-corrected chi connectivity index (χ1v) is 6.63. The van der Waals surface area contributed by atoms with Crippen LogP contribution in [0.4, 0.5) is 6.01 Å². The Bertz CT molecular complexity index is 598. The molecule has 0 saturated heterocycles. The summed E-state index contributed by atoms with van der Waals surface area (Å²) in [6.45, 7) is 3.95. The number of aromatic nitrogens is 1. The summed E-state index contributed by atoms with van der Waals surface area (Å²) in [5, 5.41) is 3.70. The molecule has 0 saturated carbocycles. The molecule has 0 spiro atoms. The molecular formula is C14H15ClN2O3. The number of rotatable bonds is 5. The number of esters is 1. The van der Waals surface area contributed by atoms with E-state index in [4.69, 9.17) is 20.8 Å². The summed E-state index contributed by atoms with van der Waals surface area (Å²) in [4.78, 5) is 15.5. The fourth-order valence-corrected chi connectivity index (χ4v) is 2.03. The topological polar surface area (TPSA) is 64.4 Å². The SMILES string of the molecule is CCOC(=O)c1coc(NC(C)c2ccccc2Cl)n1. The lowest BCUT2D eigenvalue weighted by Crippen LogP contribution is -2.08. The Kier molecular flexibility index (Phi) is 4.63. The second kappa shape index (κ2) is 6.43. The molecule has 2 aromatic rings. The van der Waals surface area contributed by atoms with Crippen molar-refractivity contribution in [2.75, 3.05) is 11.9 Å². The van der Waals surface area contributed by atoms with Crippen LogP contribution in [0.5, 0.6) is 0 Å². The number of ether oxygens (including phenoxy) is 1. The zero-order valence-electron chi connectivity index (χ0n) is 11.2. The fourth-order valence-electron chi connectivity index (χ4n) is 1.73. The normalized spacial score (nSPS) is 11.9. The zero-order chi connectivity index (χ0) is 14.5. The van der Waals surface area contributed by atoms with E-state index in [0.29, 0.717) is 11.6 Å².